The van der Waals surface area contributed by atoms with E-state index in [4.69, 9.17) is 4.74 Å². The van der Waals surface area contributed by atoms with E-state index in [9.17, 15) is 9.90 Å². The number of allylic oxidation sites excluding steroid dienone is 1. The normalized spacial score (nSPS) is 15.4. The lowest BCUT2D eigenvalue weighted by molar-refractivity contribution is -0.164. The van der Waals surface area contributed by atoms with Crippen LogP contribution < -0.4 is 0 Å². The van der Waals surface area contributed by atoms with Gasteiger partial charge in [0.05, 0.1) is 18.6 Å². The Bertz CT molecular complexity index is 521. The van der Waals surface area contributed by atoms with Gasteiger partial charge in [0.25, 0.3) is 0 Å². The molecule has 134 valence electrons. The van der Waals surface area contributed by atoms with Gasteiger partial charge in [0.15, 0.2) is 0 Å². The van der Waals surface area contributed by atoms with Gasteiger partial charge in [-0.25, -0.2) is 0 Å². The van der Waals surface area contributed by atoms with E-state index in [2.05, 4.69) is 6.58 Å². The second-order valence-electron chi connectivity index (χ2n) is 7.31. The second-order valence-corrected chi connectivity index (χ2v) is 7.31. The molecule has 3 heteroatoms. The SMILES string of the molecule is C=CC(C)(C)CC(CCC)(C(=O)OC)C(O)CCc1ccccc1. The standard InChI is InChI=1S/C21H32O3/c1-6-15-21(19(23)24-5,16-20(3,4)7-2)18(22)14-13-17-11-9-8-10-12-17/h7-12,18,22H,2,6,13-16H2,1,3-5H3. The van der Waals surface area contributed by atoms with E-state index in [0.29, 0.717) is 19.3 Å². The number of benzene rings is 1. The third-order valence-corrected chi connectivity index (χ3v) is 4.80. The number of aryl methyl sites for hydroxylation is 1. The summed E-state index contributed by atoms with van der Waals surface area (Å²) in [6, 6.07) is 10.0. The van der Waals surface area contributed by atoms with Gasteiger partial charge in [0.2, 0.25) is 0 Å². The van der Waals surface area contributed by atoms with Crippen LogP contribution in [0.2, 0.25) is 0 Å². The first-order valence-corrected chi connectivity index (χ1v) is 8.75. The highest BCUT2D eigenvalue weighted by molar-refractivity contribution is 5.77. The van der Waals surface area contributed by atoms with Crippen LogP contribution in [0.1, 0.15) is 52.0 Å². The van der Waals surface area contributed by atoms with Crippen molar-refractivity contribution in [2.75, 3.05) is 7.11 Å². The monoisotopic (exact) mass is 332 g/mol. The largest absolute Gasteiger partial charge is 0.469 e. The Kier molecular flexibility index (Phi) is 7.68. The van der Waals surface area contributed by atoms with Crippen LogP contribution in [-0.2, 0) is 16.0 Å². The molecule has 0 saturated heterocycles. The van der Waals surface area contributed by atoms with Crippen LogP contribution in [0.15, 0.2) is 43.0 Å². The number of aliphatic hydroxyl groups excluding tert-OH is 1. The zero-order valence-electron chi connectivity index (χ0n) is 15.5. The molecule has 0 fully saturated rings. The molecule has 0 heterocycles. The molecule has 0 aliphatic carbocycles. The lowest BCUT2D eigenvalue weighted by atomic mass is 9.66. The van der Waals surface area contributed by atoms with Gasteiger partial charge in [-0.3, -0.25) is 4.79 Å². The average Bonchev–Trinajstić information content (AvgIpc) is 2.59. The molecule has 0 spiro atoms. The van der Waals surface area contributed by atoms with Crippen LogP contribution in [0.5, 0.6) is 0 Å². The molecule has 0 bridgehead atoms. The van der Waals surface area contributed by atoms with Crippen molar-refractivity contribution in [1.29, 1.82) is 0 Å². The summed E-state index contributed by atoms with van der Waals surface area (Å²) in [7, 11) is 1.40. The lowest BCUT2D eigenvalue weighted by Gasteiger charge is -2.40. The van der Waals surface area contributed by atoms with E-state index in [-0.39, 0.29) is 11.4 Å². The number of ether oxygens (including phenoxy) is 1. The third-order valence-electron chi connectivity index (χ3n) is 4.80. The number of esters is 1. The minimum absolute atomic E-state index is 0.253. The quantitative estimate of drug-likeness (QED) is 0.505. The zero-order valence-corrected chi connectivity index (χ0v) is 15.5. The Morgan fingerprint density at radius 2 is 1.96 bits per heavy atom. The first kappa shape index (κ1) is 20.4. The molecule has 3 nitrogen and oxygen atoms in total. The van der Waals surface area contributed by atoms with Crippen LogP contribution >= 0.6 is 0 Å². The molecule has 1 N–H and O–H groups in total. The van der Waals surface area contributed by atoms with E-state index >= 15 is 0 Å². The fourth-order valence-corrected chi connectivity index (χ4v) is 3.44. The Morgan fingerprint density at radius 1 is 1.33 bits per heavy atom. The van der Waals surface area contributed by atoms with E-state index in [1.54, 1.807) is 0 Å². The summed E-state index contributed by atoms with van der Waals surface area (Å²) in [5.41, 5.74) is 0.0161. The summed E-state index contributed by atoms with van der Waals surface area (Å²) in [5.74, 6) is -0.320. The zero-order chi connectivity index (χ0) is 18.2. The van der Waals surface area contributed by atoms with Gasteiger partial charge in [-0.1, -0.05) is 63.6 Å². The number of carbonyl (C=O) groups excluding carboxylic acids is 1. The van der Waals surface area contributed by atoms with Crippen molar-refractivity contribution in [1.82, 2.24) is 0 Å². The molecule has 0 aliphatic rings. The van der Waals surface area contributed by atoms with Crippen LogP contribution in [0.4, 0.5) is 0 Å². The number of hydrogen-bond donors (Lipinski definition) is 1. The molecule has 1 aromatic rings. The van der Waals surface area contributed by atoms with E-state index in [1.165, 1.54) is 7.11 Å². The Labute approximate surface area is 146 Å². The van der Waals surface area contributed by atoms with Crippen molar-refractivity contribution in [2.45, 2.75) is 59.0 Å². The van der Waals surface area contributed by atoms with Crippen LogP contribution in [0.25, 0.3) is 0 Å². The molecule has 0 radical (unpaired) electrons. The fourth-order valence-electron chi connectivity index (χ4n) is 3.44. The molecule has 1 rings (SSSR count). The minimum atomic E-state index is -0.893. The minimum Gasteiger partial charge on any atom is -0.469 e. The maximum atomic E-state index is 12.7. The number of carbonyl (C=O) groups is 1. The maximum Gasteiger partial charge on any atom is 0.314 e. The highest BCUT2D eigenvalue weighted by atomic mass is 16.5. The molecule has 24 heavy (non-hydrogen) atoms. The molecule has 0 aromatic heterocycles. The van der Waals surface area contributed by atoms with Crippen LogP contribution in [-0.4, -0.2) is 24.3 Å². The summed E-state index contributed by atoms with van der Waals surface area (Å²) in [6.45, 7) is 9.99. The Balaban J connectivity index is 3.04. The van der Waals surface area contributed by atoms with Gasteiger partial charge < -0.3 is 9.84 Å². The summed E-state index contributed by atoms with van der Waals surface area (Å²) >= 11 is 0. The van der Waals surface area contributed by atoms with Crippen molar-refractivity contribution >= 4 is 5.97 Å². The van der Waals surface area contributed by atoms with Gasteiger partial charge in [-0.2, -0.15) is 0 Å². The van der Waals surface area contributed by atoms with Gasteiger partial charge in [-0.05, 0) is 36.7 Å². The first-order valence-electron chi connectivity index (χ1n) is 8.75. The predicted molar refractivity (Wildman–Crippen MR) is 98.7 cm³/mol. The molecular weight excluding hydrogens is 300 g/mol. The molecular formula is C21H32O3. The van der Waals surface area contributed by atoms with E-state index < -0.39 is 11.5 Å². The molecule has 0 aliphatic heterocycles. The fraction of sp³-hybridized carbons (Fsp3) is 0.571. The predicted octanol–water partition coefficient (Wildman–Crippen LogP) is 4.54. The summed E-state index contributed by atoms with van der Waals surface area (Å²) in [5, 5.41) is 11.0. The van der Waals surface area contributed by atoms with Crippen LogP contribution in [0.3, 0.4) is 0 Å². The number of aliphatic hydroxyl groups is 1. The van der Waals surface area contributed by atoms with Crippen molar-refractivity contribution in [3.05, 3.63) is 48.6 Å². The van der Waals surface area contributed by atoms with E-state index in [0.717, 1.165) is 18.4 Å². The number of methoxy groups -OCH3 is 1. The molecule has 1 aromatic carbocycles. The van der Waals surface area contributed by atoms with Crippen molar-refractivity contribution in [3.8, 4) is 0 Å². The summed E-state index contributed by atoms with van der Waals surface area (Å²) in [4.78, 5) is 12.7. The van der Waals surface area contributed by atoms with Crippen molar-refractivity contribution < 1.29 is 14.6 Å². The summed E-state index contributed by atoms with van der Waals surface area (Å²) in [6.07, 6.45) is 4.32. The van der Waals surface area contributed by atoms with Gasteiger partial charge in [-0.15, -0.1) is 6.58 Å². The highest BCUT2D eigenvalue weighted by Gasteiger charge is 2.47. The molecule has 2 atom stereocenters. The highest BCUT2D eigenvalue weighted by Crippen LogP contribution is 2.43. The second kappa shape index (κ2) is 9.03. The number of rotatable bonds is 10. The lowest BCUT2D eigenvalue weighted by Crippen LogP contribution is -2.46. The Hall–Kier alpha value is -1.61. The topological polar surface area (TPSA) is 46.5 Å². The van der Waals surface area contributed by atoms with Gasteiger partial charge in [0, 0.05) is 0 Å². The summed E-state index contributed by atoms with van der Waals surface area (Å²) < 4.78 is 5.10. The van der Waals surface area contributed by atoms with Gasteiger partial charge >= 0.3 is 5.97 Å². The molecule has 0 saturated carbocycles. The van der Waals surface area contributed by atoms with Gasteiger partial charge in [0.1, 0.15) is 0 Å². The van der Waals surface area contributed by atoms with Crippen LogP contribution in [0, 0.1) is 10.8 Å². The Morgan fingerprint density at radius 3 is 2.46 bits per heavy atom. The van der Waals surface area contributed by atoms with E-state index in [1.807, 2.05) is 57.2 Å². The smallest absolute Gasteiger partial charge is 0.314 e. The third kappa shape index (κ3) is 5.20. The van der Waals surface area contributed by atoms with Crippen molar-refractivity contribution in [2.24, 2.45) is 10.8 Å². The average molecular weight is 332 g/mol. The first-order chi connectivity index (χ1) is 11.3. The molecule has 0 amide bonds. The maximum absolute atomic E-state index is 12.7. The number of hydrogen-bond acceptors (Lipinski definition) is 3. The molecule has 2 unspecified atom stereocenters. The van der Waals surface area contributed by atoms with Crippen molar-refractivity contribution in [3.63, 3.8) is 0 Å².